The molecule has 2 aliphatic rings. The Morgan fingerprint density at radius 3 is 2.50 bits per heavy atom. The number of alkyl halides is 3. The maximum Gasteiger partial charge on any atom is 0.417 e. The molecule has 2 aromatic rings. The Balaban J connectivity index is 1.45. The number of hydrogen-bond acceptors (Lipinski definition) is 5. The average molecular weight is 491 g/mol. The van der Waals surface area contributed by atoms with Gasteiger partial charge in [0, 0.05) is 31.9 Å². The summed E-state index contributed by atoms with van der Waals surface area (Å²) in [5, 5.41) is 12.9. The SMILES string of the molecule is N#Cc1ccc(N2C[C@@H](C(N)=O)[C@H](C3CCN(C(=O)Cc4ccsc4)CC3)C2)cc1C(F)(F)F. The first-order valence-corrected chi connectivity index (χ1v) is 12.1. The number of carbonyl (C=O) groups is 2. The van der Waals surface area contributed by atoms with Crippen LogP contribution < -0.4 is 10.6 Å². The number of primary amides is 1. The van der Waals surface area contributed by atoms with Crippen LogP contribution in [0.4, 0.5) is 18.9 Å². The Morgan fingerprint density at radius 1 is 1.18 bits per heavy atom. The monoisotopic (exact) mass is 490 g/mol. The fourth-order valence-electron chi connectivity index (χ4n) is 5.14. The van der Waals surface area contributed by atoms with Crippen molar-refractivity contribution in [3.05, 3.63) is 51.7 Å². The van der Waals surface area contributed by atoms with E-state index in [-0.39, 0.29) is 24.3 Å². The third kappa shape index (κ3) is 5.04. The smallest absolute Gasteiger partial charge is 0.370 e. The number of rotatable bonds is 5. The summed E-state index contributed by atoms with van der Waals surface area (Å²) >= 11 is 1.55. The standard InChI is InChI=1S/C24H25F3N4O2S/c25-24(26,27)21-10-18(2-1-17(21)11-28)31-12-19(20(13-31)23(29)33)16-3-6-30(7-4-16)22(32)9-15-5-8-34-14-15/h1-2,5,8,10,14,16,19-20H,3-4,6-7,9,12-13H2,(H2,29,33)/t19-,20+/m0/s1. The first-order valence-electron chi connectivity index (χ1n) is 11.1. The van der Waals surface area contributed by atoms with E-state index in [9.17, 15) is 22.8 Å². The first kappa shape index (κ1) is 24.1. The highest BCUT2D eigenvalue weighted by Crippen LogP contribution is 2.40. The van der Waals surface area contributed by atoms with Crippen molar-refractivity contribution in [1.82, 2.24) is 4.90 Å². The quantitative estimate of drug-likeness (QED) is 0.693. The molecule has 0 saturated carbocycles. The van der Waals surface area contributed by atoms with Gasteiger partial charge in [-0.05, 0) is 65.3 Å². The van der Waals surface area contributed by atoms with Crippen LogP contribution in [0.5, 0.6) is 0 Å². The van der Waals surface area contributed by atoms with E-state index < -0.39 is 29.1 Å². The molecule has 2 atom stereocenters. The number of benzene rings is 1. The van der Waals surface area contributed by atoms with E-state index in [1.54, 1.807) is 22.3 Å². The predicted octanol–water partition coefficient (Wildman–Crippen LogP) is 3.66. The summed E-state index contributed by atoms with van der Waals surface area (Å²) < 4.78 is 40.3. The van der Waals surface area contributed by atoms with Crippen LogP contribution in [-0.2, 0) is 22.2 Å². The zero-order valence-electron chi connectivity index (χ0n) is 18.4. The molecule has 2 aliphatic heterocycles. The summed E-state index contributed by atoms with van der Waals surface area (Å²) in [6, 6.07) is 7.16. The van der Waals surface area contributed by atoms with Gasteiger partial charge in [0.2, 0.25) is 11.8 Å². The zero-order chi connectivity index (χ0) is 24.5. The molecule has 2 N–H and O–H groups in total. The summed E-state index contributed by atoms with van der Waals surface area (Å²) in [5.74, 6) is -0.824. The molecular weight excluding hydrogens is 465 g/mol. The van der Waals surface area contributed by atoms with Gasteiger partial charge in [-0.25, -0.2) is 0 Å². The minimum atomic E-state index is -4.65. The van der Waals surface area contributed by atoms with Crippen molar-refractivity contribution in [1.29, 1.82) is 5.26 Å². The number of likely N-dealkylation sites (tertiary alicyclic amines) is 1. The molecular formula is C24H25F3N4O2S. The zero-order valence-corrected chi connectivity index (χ0v) is 19.2. The molecule has 0 radical (unpaired) electrons. The molecule has 0 unspecified atom stereocenters. The fourth-order valence-corrected chi connectivity index (χ4v) is 5.80. The van der Waals surface area contributed by atoms with Crippen LogP contribution in [0, 0.1) is 29.1 Å². The third-order valence-electron chi connectivity index (χ3n) is 6.96. The lowest BCUT2D eigenvalue weighted by Gasteiger charge is -2.36. The fraction of sp³-hybridized carbons (Fsp3) is 0.458. The summed E-state index contributed by atoms with van der Waals surface area (Å²) in [7, 11) is 0. The lowest BCUT2D eigenvalue weighted by molar-refractivity contribution is -0.137. The molecule has 0 spiro atoms. The second-order valence-electron chi connectivity index (χ2n) is 8.94. The molecule has 6 nitrogen and oxygen atoms in total. The van der Waals surface area contributed by atoms with Crippen molar-refractivity contribution >= 4 is 28.8 Å². The molecule has 2 amide bonds. The van der Waals surface area contributed by atoms with Crippen molar-refractivity contribution < 1.29 is 22.8 Å². The van der Waals surface area contributed by atoms with Gasteiger partial charge in [0.25, 0.3) is 0 Å². The summed E-state index contributed by atoms with van der Waals surface area (Å²) in [6.45, 7) is 1.82. The maximum absolute atomic E-state index is 13.4. The van der Waals surface area contributed by atoms with Crippen LogP contribution in [0.3, 0.4) is 0 Å². The van der Waals surface area contributed by atoms with Crippen LogP contribution in [0.1, 0.15) is 29.5 Å². The van der Waals surface area contributed by atoms with E-state index in [1.807, 2.05) is 21.7 Å². The van der Waals surface area contributed by atoms with Gasteiger partial charge in [0.05, 0.1) is 29.5 Å². The number of amides is 2. The topological polar surface area (TPSA) is 90.4 Å². The number of thiophene rings is 1. The normalized spacial score (nSPS) is 21.5. The number of anilines is 1. The van der Waals surface area contributed by atoms with Gasteiger partial charge < -0.3 is 15.5 Å². The molecule has 10 heteroatoms. The Morgan fingerprint density at radius 2 is 1.91 bits per heavy atom. The van der Waals surface area contributed by atoms with Crippen molar-refractivity contribution in [2.45, 2.75) is 25.4 Å². The Bertz CT molecular complexity index is 1090. The lowest BCUT2D eigenvalue weighted by Crippen LogP contribution is -2.43. The molecule has 2 fully saturated rings. The van der Waals surface area contributed by atoms with Gasteiger partial charge >= 0.3 is 6.18 Å². The second-order valence-corrected chi connectivity index (χ2v) is 9.72. The molecule has 2 saturated heterocycles. The van der Waals surface area contributed by atoms with Gasteiger partial charge in [0.15, 0.2) is 0 Å². The highest BCUT2D eigenvalue weighted by Gasteiger charge is 2.43. The molecule has 1 aromatic heterocycles. The van der Waals surface area contributed by atoms with E-state index in [0.717, 1.165) is 24.5 Å². The minimum absolute atomic E-state index is 0.0774. The largest absolute Gasteiger partial charge is 0.417 e. The highest BCUT2D eigenvalue weighted by atomic mass is 32.1. The number of nitrogens with two attached hydrogens (primary N) is 1. The van der Waals surface area contributed by atoms with E-state index in [4.69, 9.17) is 11.0 Å². The van der Waals surface area contributed by atoms with Gasteiger partial charge in [-0.3, -0.25) is 9.59 Å². The minimum Gasteiger partial charge on any atom is -0.370 e. The van der Waals surface area contributed by atoms with Crippen LogP contribution in [-0.4, -0.2) is 42.9 Å². The number of nitriles is 1. The maximum atomic E-state index is 13.4. The molecule has 1 aromatic carbocycles. The molecule has 4 rings (SSSR count). The van der Waals surface area contributed by atoms with Crippen molar-refractivity contribution in [2.75, 3.05) is 31.1 Å². The average Bonchev–Trinajstić information content (AvgIpc) is 3.48. The molecule has 3 heterocycles. The van der Waals surface area contributed by atoms with Crippen molar-refractivity contribution in [3.8, 4) is 6.07 Å². The van der Waals surface area contributed by atoms with Crippen LogP contribution in [0.25, 0.3) is 0 Å². The van der Waals surface area contributed by atoms with E-state index in [0.29, 0.717) is 31.7 Å². The number of hydrogen-bond donors (Lipinski definition) is 1. The van der Waals surface area contributed by atoms with E-state index >= 15 is 0 Å². The van der Waals surface area contributed by atoms with E-state index in [2.05, 4.69) is 0 Å². The van der Waals surface area contributed by atoms with Crippen LogP contribution in [0.2, 0.25) is 0 Å². The molecule has 0 bridgehead atoms. The van der Waals surface area contributed by atoms with Gasteiger partial charge in [-0.2, -0.15) is 29.8 Å². The van der Waals surface area contributed by atoms with E-state index in [1.165, 1.54) is 12.1 Å². The summed E-state index contributed by atoms with van der Waals surface area (Å²) in [6.07, 6.45) is -2.83. The molecule has 34 heavy (non-hydrogen) atoms. The molecule has 0 aliphatic carbocycles. The predicted molar refractivity (Wildman–Crippen MR) is 122 cm³/mol. The second kappa shape index (κ2) is 9.66. The number of halogens is 3. The lowest BCUT2D eigenvalue weighted by atomic mass is 9.78. The Kier molecular flexibility index (Phi) is 6.84. The third-order valence-corrected chi connectivity index (χ3v) is 7.69. The molecule has 180 valence electrons. The van der Waals surface area contributed by atoms with Crippen LogP contribution in [0.15, 0.2) is 35.0 Å². The number of piperidine rings is 1. The van der Waals surface area contributed by atoms with Crippen LogP contribution >= 0.6 is 11.3 Å². The van der Waals surface area contributed by atoms with Crippen molar-refractivity contribution in [2.24, 2.45) is 23.5 Å². The van der Waals surface area contributed by atoms with Gasteiger partial charge in [0.1, 0.15) is 0 Å². The first-order chi connectivity index (χ1) is 16.2. The Hall–Kier alpha value is -3.06. The number of nitrogens with zero attached hydrogens (tertiary/aromatic N) is 3. The van der Waals surface area contributed by atoms with Gasteiger partial charge in [-0.1, -0.05) is 0 Å². The number of carbonyl (C=O) groups excluding carboxylic acids is 2. The Labute approximate surface area is 199 Å². The van der Waals surface area contributed by atoms with Crippen molar-refractivity contribution in [3.63, 3.8) is 0 Å². The summed E-state index contributed by atoms with van der Waals surface area (Å²) in [5.41, 5.74) is 5.58. The summed E-state index contributed by atoms with van der Waals surface area (Å²) in [4.78, 5) is 28.4. The van der Waals surface area contributed by atoms with Gasteiger partial charge in [-0.15, -0.1) is 0 Å². The highest BCUT2D eigenvalue weighted by molar-refractivity contribution is 7.08.